The molecule has 0 saturated heterocycles. The molecule has 2 aliphatic heterocycles. The predicted octanol–water partition coefficient (Wildman–Crippen LogP) is 10.4. The summed E-state index contributed by atoms with van der Waals surface area (Å²) in [5.74, 6) is -2.94. The van der Waals surface area contributed by atoms with Gasteiger partial charge in [0.2, 0.25) is 47.8 Å². The van der Waals surface area contributed by atoms with Gasteiger partial charge in [0.05, 0.1) is 99.7 Å². The second-order valence-corrected chi connectivity index (χ2v) is 38.9. The largest absolute Gasteiger partial charge is 0.378 e. The molecule has 0 unspecified atom stereocenters. The maximum absolute atomic E-state index is 13.6. The minimum absolute atomic E-state index is 0.00882. The van der Waals surface area contributed by atoms with Crippen LogP contribution in [0.2, 0.25) is 30.1 Å². The summed E-state index contributed by atoms with van der Waals surface area (Å²) < 4.78 is 155. The molecule has 121 heavy (non-hydrogen) atoms. The van der Waals surface area contributed by atoms with E-state index in [-0.39, 0.29) is 190 Å². The van der Waals surface area contributed by atoms with Crippen LogP contribution in [-0.2, 0) is 103 Å². The summed E-state index contributed by atoms with van der Waals surface area (Å²) in [7, 11) is -12.4. The lowest BCUT2D eigenvalue weighted by molar-refractivity contribution is -0.121. The Bertz CT molecular complexity index is 4810. The lowest BCUT2D eigenvalue weighted by Crippen LogP contribution is -2.54. The molecular formula is C82H108Cl6N10O19S4. The van der Waals surface area contributed by atoms with Crippen molar-refractivity contribution in [3.63, 3.8) is 0 Å². The van der Waals surface area contributed by atoms with Gasteiger partial charge in [-0.2, -0.15) is 8.42 Å². The Hall–Kier alpha value is -6.20. The van der Waals surface area contributed by atoms with Crippen LogP contribution in [0.5, 0.6) is 0 Å². The number of nitrogens with one attached hydrogen (secondary N) is 8. The zero-order valence-corrected chi connectivity index (χ0v) is 75.9. The van der Waals surface area contributed by atoms with Gasteiger partial charge in [0.15, 0.2) is 0 Å². The number of ether oxygens (including phenoxy) is 6. The number of amides is 5. The number of halogens is 6. The number of rotatable bonds is 53. The standard InChI is InChI=1S/C82H108Cl6N10O19S4/c1-6-66-68(46-60(83)49-75(66)86)67(42-56(2)3)57-10-7-13-63(43-57)119(106,107)93-25-32-115-38-35-112-29-22-89-78(99)16-19-82(96-81(102)92-28-41-118(103,104)105,20-17-79(100)90-23-30-113-36-39-116-33-26-94-120(108,109)64-14-8-11-58(44-64)71-52-97(4)54-73-69(71)47-61(84)50-76(73)87)21-18-80(101)91-24-31-114-37-40-117-34-27-95-121(110,111)65-15-9-12-59(45-65)72-53-98(5)55-74-70(72)48-62(85)51-77(74)88/h7-15,43-51,67,71-72,93-95H,2,6,16-42,52-55H2,1,3-5H3,(H,89,99)(H,90,100)(H,91,101)(H2,92,96,102)(H,103,104,105)/t67-,71-,72-/m0/s1. The molecule has 0 radical (unpaired) electrons. The topological polar surface area (TPSA) is 383 Å². The van der Waals surface area contributed by atoms with Gasteiger partial charge in [0.1, 0.15) is 0 Å². The van der Waals surface area contributed by atoms with Crippen LogP contribution in [0.15, 0.2) is 136 Å². The Morgan fingerprint density at radius 2 is 0.860 bits per heavy atom. The number of sulfonamides is 3. The SMILES string of the molecule is C=C(C)C[C@@H](c1cccc(S(=O)(=O)NCCOCCOCCNC(=O)CCC(CCC(=O)NCCOCCOCCNS(=O)(=O)c2cccc([C@@H]3CN(C)Cc4c(Cl)cc(Cl)cc43)c2)(CCC(=O)NCCOCCOCCNS(=O)(=O)c2cccc([C@@H]3CN(C)Cc4c(Cl)cc(Cl)cc43)c2)NC(=O)NCCS(=O)(=O)O)c1)c1cc(Cl)cc(Cl)c1CC. The maximum Gasteiger partial charge on any atom is 0.315 e. The third kappa shape index (κ3) is 32.9. The van der Waals surface area contributed by atoms with E-state index in [4.69, 9.17) is 98.0 Å². The first-order valence-corrected chi connectivity index (χ1v) is 47.9. The smallest absolute Gasteiger partial charge is 0.315 e. The Labute approximate surface area is 740 Å². The fourth-order valence-electron chi connectivity index (χ4n) is 14.2. The molecule has 0 fully saturated rings. The van der Waals surface area contributed by atoms with Crippen LogP contribution in [0.1, 0.15) is 127 Å². The summed E-state index contributed by atoms with van der Waals surface area (Å²) in [6, 6.07) is 29.9. The first kappa shape index (κ1) is 100. The molecule has 2 heterocycles. The minimum Gasteiger partial charge on any atom is -0.378 e. The van der Waals surface area contributed by atoms with Gasteiger partial charge < -0.3 is 64.8 Å². The number of benzene rings is 6. The molecule has 3 atom stereocenters. The van der Waals surface area contributed by atoms with Crippen molar-refractivity contribution >= 4 is 134 Å². The lowest BCUT2D eigenvalue weighted by atomic mass is 9.83. The highest BCUT2D eigenvalue weighted by Gasteiger charge is 2.36. The van der Waals surface area contributed by atoms with Crippen molar-refractivity contribution < 1.29 is 85.8 Å². The maximum atomic E-state index is 13.6. The number of hydrogen-bond donors (Lipinski definition) is 9. The van der Waals surface area contributed by atoms with Crippen molar-refractivity contribution in [3.8, 4) is 0 Å². The molecule has 0 spiro atoms. The third-order valence-electron chi connectivity index (χ3n) is 20.1. The first-order chi connectivity index (χ1) is 57.5. The van der Waals surface area contributed by atoms with E-state index in [0.717, 1.165) is 55.6 Å². The van der Waals surface area contributed by atoms with E-state index in [2.05, 4.69) is 57.1 Å². The van der Waals surface area contributed by atoms with Crippen LogP contribution in [-0.4, -0.2) is 235 Å². The van der Waals surface area contributed by atoms with Gasteiger partial charge in [-0.25, -0.2) is 44.2 Å². The molecule has 0 bridgehead atoms. The Balaban J connectivity index is 0.788. The van der Waals surface area contributed by atoms with Crippen molar-refractivity contribution in [2.75, 3.05) is 158 Å². The first-order valence-electron chi connectivity index (χ1n) is 39.6. The monoisotopic (exact) mass is 1870 g/mol. The molecule has 5 amide bonds. The average Bonchev–Trinajstić information content (AvgIpc) is 0.775. The fourth-order valence-corrected chi connectivity index (χ4v) is 19.6. The second-order valence-electron chi connectivity index (χ2n) is 29.5. The van der Waals surface area contributed by atoms with Crippen LogP contribution >= 0.6 is 69.6 Å². The molecule has 39 heteroatoms. The highest BCUT2D eigenvalue weighted by atomic mass is 35.5. The van der Waals surface area contributed by atoms with Crippen molar-refractivity contribution in [1.82, 2.24) is 50.6 Å². The molecular weight excluding hydrogens is 1770 g/mol. The van der Waals surface area contributed by atoms with E-state index in [1.807, 2.05) is 64.3 Å². The van der Waals surface area contributed by atoms with E-state index in [1.165, 1.54) is 18.2 Å². The number of carbonyl (C=O) groups is 4. The molecule has 9 N–H and O–H groups in total. The normalized spacial score (nSPS) is 15.0. The molecule has 666 valence electrons. The number of hydrogen-bond acceptors (Lipinski definition) is 20. The minimum atomic E-state index is -4.51. The summed E-state index contributed by atoms with van der Waals surface area (Å²) in [6.45, 7) is 10.6. The third-order valence-corrected chi connectivity index (χ3v) is 26.9. The summed E-state index contributed by atoms with van der Waals surface area (Å²) in [5.41, 5.74) is 7.27. The molecule has 2 aliphatic rings. The predicted molar refractivity (Wildman–Crippen MR) is 469 cm³/mol. The highest BCUT2D eigenvalue weighted by molar-refractivity contribution is 7.90. The van der Waals surface area contributed by atoms with Crippen LogP contribution in [0.3, 0.4) is 0 Å². The molecule has 0 aliphatic carbocycles. The molecule has 8 rings (SSSR count). The van der Waals surface area contributed by atoms with Crippen molar-refractivity contribution in [3.05, 3.63) is 202 Å². The number of likely N-dealkylation sites (N-methyl/N-ethyl adjacent to an activating group) is 2. The van der Waals surface area contributed by atoms with Gasteiger partial charge in [-0.05, 0) is 176 Å². The molecule has 0 saturated carbocycles. The van der Waals surface area contributed by atoms with Crippen LogP contribution in [0.25, 0.3) is 0 Å². The zero-order chi connectivity index (χ0) is 87.9. The van der Waals surface area contributed by atoms with Gasteiger partial charge in [-0.3, -0.25) is 18.9 Å². The Morgan fingerprint density at radius 3 is 1.25 bits per heavy atom. The van der Waals surface area contributed by atoms with E-state index >= 15 is 0 Å². The van der Waals surface area contributed by atoms with Gasteiger partial charge in [0, 0.05) is 145 Å². The number of carbonyl (C=O) groups excluding carboxylic acids is 4. The van der Waals surface area contributed by atoms with Crippen molar-refractivity contribution in [2.24, 2.45) is 0 Å². The van der Waals surface area contributed by atoms with E-state index in [9.17, 15) is 57.4 Å². The molecule has 6 aromatic rings. The van der Waals surface area contributed by atoms with E-state index in [1.54, 1.807) is 54.6 Å². The van der Waals surface area contributed by atoms with Crippen molar-refractivity contribution in [1.29, 1.82) is 0 Å². The summed E-state index contributed by atoms with van der Waals surface area (Å²) >= 11 is 39.0. The van der Waals surface area contributed by atoms with Crippen LogP contribution in [0.4, 0.5) is 4.79 Å². The molecule has 29 nitrogen and oxygen atoms in total. The molecule has 6 aromatic carbocycles. The van der Waals surface area contributed by atoms with Gasteiger partial charge >= 0.3 is 6.03 Å². The van der Waals surface area contributed by atoms with Crippen LogP contribution in [0, 0.1) is 0 Å². The zero-order valence-electron chi connectivity index (χ0n) is 68.0. The number of nitrogens with zero attached hydrogens (tertiary/aromatic N) is 2. The summed E-state index contributed by atoms with van der Waals surface area (Å²) in [6.07, 6.45) is -0.0134. The van der Waals surface area contributed by atoms with Crippen molar-refractivity contribution in [2.45, 2.75) is 116 Å². The Kier molecular flexibility index (Phi) is 40.6. The second kappa shape index (κ2) is 49.1. The average molecular weight is 1880 g/mol. The van der Waals surface area contributed by atoms with E-state index in [0.29, 0.717) is 69.2 Å². The summed E-state index contributed by atoms with van der Waals surface area (Å²) in [4.78, 5) is 58.8. The summed E-state index contributed by atoms with van der Waals surface area (Å²) in [5, 5.41) is 16.5. The number of allylic oxidation sites excluding steroid dienone is 1. The van der Waals surface area contributed by atoms with E-state index < -0.39 is 81.8 Å². The fraction of sp³-hybridized carbons (Fsp3) is 0.488. The van der Waals surface area contributed by atoms with Gasteiger partial charge in [-0.1, -0.05) is 119 Å². The number of fused-ring (bicyclic) bond motifs is 2. The quantitative estimate of drug-likeness (QED) is 0.00973. The Morgan fingerprint density at radius 1 is 0.488 bits per heavy atom. The van der Waals surface area contributed by atoms with Gasteiger partial charge in [0.25, 0.3) is 10.1 Å². The van der Waals surface area contributed by atoms with Gasteiger partial charge in [-0.15, -0.1) is 6.58 Å². The lowest BCUT2D eigenvalue weighted by Gasteiger charge is -2.35. The van der Waals surface area contributed by atoms with Crippen LogP contribution < -0.4 is 40.8 Å². The number of urea groups is 1. The highest BCUT2D eigenvalue weighted by Crippen LogP contribution is 2.42. The molecule has 0 aromatic heterocycles.